The smallest absolute Gasteiger partial charge is 0.225 e. The van der Waals surface area contributed by atoms with Crippen molar-refractivity contribution in [3.63, 3.8) is 0 Å². The molecule has 1 fully saturated rings. The predicted molar refractivity (Wildman–Crippen MR) is 77.5 cm³/mol. The highest BCUT2D eigenvalue weighted by atomic mass is 16.3. The Balaban J connectivity index is 2.21. The Hall–Kier alpha value is -1.16. The van der Waals surface area contributed by atoms with Gasteiger partial charge in [-0.2, -0.15) is 0 Å². The van der Waals surface area contributed by atoms with Crippen LogP contribution in [-0.2, 0) is 0 Å². The number of aryl methyl sites for hydroxylation is 1. The van der Waals surface area contributed by atoms with Crippen molar-refractivity contribution in [2.75, 3.05) is 18.0 Å². The summed E-state index contributed by atoms with van der Waals surface area (Å²) in [5, 5.41) is 10.1. The van der Waals surface area contributed by atoms with Crippen molar-refractivity contribution < 1.29 is 5.11 Å². The Kier molecular flexibility index (Phi) is 4.09. The lowest BCUT2D eigenvalue weighted by molar-refractivity contribution is 0.0481. The van der Waals surface area contributed by atoms with Crippen molar-refractivity contribution in [1.29, 1.82) is 0 Å². The van der Waals surface area contributed by atoms with Gasteiger partial charge in [0.15, 0.2) is 0 Å². The molecule has 0 aromatic carbocycles. The van der Waals surface area contributed by atoms with E-state index < -0.39 is 5.60 Å². The predicted octanol–water partition coefficient (Wildman–Crippen LogP) is 2.65. The minimum Gasteiger partial charge on any atom is -0.390 e. The van der Waals surface area contributed by atoms with Gasteiger partial charge in [-0.25, -0.2) is 9.97 Å². The highest BCUT2D eigenvalue weighted by molar-refractivity contribution is 5.33. The van der Waals surface area contributed by atoms with Crippen molar-refractivity contribution in [2.24, 2.45) is 0 Å². The van der Waals surface area contributed by atoms with Gasteiger partial charge in [0, 0.05) is 24.5 Å². The molecule has 4 heteroatoms. The highest BCUT2D eigenvalue weighted by Gasteiger charge is 2.26. The molecule has 106 valence electrons. The zero-order valence-electron chi connectivity index (χ0n) is 12.5. The van der Waals surface area contributed by atoms with Crippen molar-refractivity contribution in [1.82, 2.24) is 9.97 Å². The van der Waals surface area contributed by atoms with Crippen LogP contribution in [0.2, 0.25) is 0 Å². The lowest BCUT2D eigenvalue weighted by Gasteiger charge is -2.23. The van der Waals surface area contributed by atoms with Crippen LogP contribution < -0.4 is 4.90 Å². The maximum absolute atomic E-state index is 10.1. The first kappa shape index (κ1) is 14.3. The Morgan fingerprint density at radius 1 is 1.26 bits per heavy atom. The molecule has 1 aliphatic rings. The standard InChI is InChI=1S/C15H25N3O/c1-11(2)13-10-12(3)16-14(17-13)18-8-5-6-15(4,19)7-9-18/h10-11,19H,5-9H2,1-4H3. The molecule has 1 atom stereocenters. The number of rotatable bonds is 2. The van der Waals surface area contributed by atoms with E-state index in [-0.39, 0.29) is 0 Å². The summed E-state index contributed by atoms with van der Waals surface area (Å²) < 4.78 is 0. The molecule has 0 aliphatic carbocycles. The third-order valence-corrected chi connectivity index (χ3v) is 3.80. The monoisotopic (exact) mass is 263 g/mol. The first-order valence-corrected chi connectivity index (χ1v) is 7.20. The molecule has 1 unspecified atom stereocenters. The molecule has 0 saturated carbocycles. The van der Waals surface area contributed by atoms with E-state index in [1.807, 2.05) is 13.8 Å². The summed E-state index contributed by atoms with van der Waals surface area (Å²) in [4.78, 5) is 11.5. The van der Waals surface area contributed by atoms with E-state index in [1.54, 1.807) is 0 Å². The van der Waals surface area contributed by atoms with Crippen molar-refractivity contribution >= 4 is 5.95 Å². The summed E-state index contributed by atoms with van der Waals surface area (Å²) in [5.74, 6) is 1.23. The van der Waals surface area contributed by atoms with Crippen LogP contribution in [0.15, 0.2) is 6.07 Å². The van der Waals surface area contributed by atoms with E-state index in [1.165, 1.54) is 0 Å². The SMILES string of the molecule is Cc1cc(C(C)C)nc(N2CCCC(C)(O)CC2)n1. The number of aromatic nitrogens is 2. The summed E-state index contributed by atoms with van der Waals surface area (Å²) in [6, 6.07) is 2.06. The van der Waals surface area contributed by atoms with Crippen LogP contribution in [0.5, 0.6) is 0 Å². The summed E-state index contributed by atoms with van der Waals surface area (Å²) in [7, 11) is 0. The Morgan fingerprint density at radius 3 is 2.68 bits per heavy atom. The molecule has 0 radical (unpaired) electrons. The van der Waals surface area contributed by atoms with Gasteiger partial charge in [-0.15, -0.1) is 0 Å². The Morgan fingerprint density at radius 2 is 2.00 bits per heavy atom. The first-order chi connectivity index (χ1) is 8.87. The van der Waals surface area contributed by atoms with Crippen LogP contribution in [0.25, 0.3) is 0 Å². The first-order valence-electron chi connectivity index (χ1n) is 7.20. The largest absolute Gasteiger partial charge is 0.390 e. The zero-order chi connectivity index (χ0) is 14.0. The van der Waals surface area contributed by atoms with Gasteiger partial charge in [-0.1, -0.05) is 13.8 Å². The normalized spacial score (nSPS) is 24.6. The van der Waals surface area contributed by atoms with Crippen molar-refractivity contribution in [3.8, 4) is 0 Å². The summed E-state index contributed by atoms with van der Waals surface area (Å²) in [6.45, 7) is 10.0. The quantitative estimate of drug-likeness (QED) is 0.891. The number of aliphatic hydroxyl groups is 1. The van der Waals surface area contributed by atoms with Gasteiger partial charge in [-0.05, 0) is 45.1 Å². The molecule has 2 rings (SSSR count). The van der Waals surface area contributed by atoms with Crippen LogP contribution in [0, 0.1) is 6.92 Å². The molecule has 0 spiro atoms. The second-order valence-electron chi connectivity index (χ2n) is 6.23. The van der Waals surface area contributed by atoms with Gasteiger partial charge in [0.05, 0.1) is 5.60 Å². The second-order valence-corrected chi connectivity index (χ2v) is 6.23. The van der Waals surface area contributed by atoms with Crippen molar-refractivity contribution in [3.05, 3.63) is 17.5 Å². The lowest BCUT2D eigenvalue weighted by atomic mass is 9.98. The topological polar surface area (TPSA) is 49.2 Å². The number of anilines is 1. The van der Waals surface area contributed by atoms with Gasteiger partial charge < -0.3 is 10.0 Å². The lowest BCUT2D eigenvalue weighted by Crippen LogP contribution is -2.29. The minimum absolute atomic E-state index is 0.413. The molecular weight excluding hydrogens is 238 g/mol. The maximum atomic E-state index is 10.1. The minimum atomic E-state index is -0.542. The average molecular weight is 263 g/mol. The molecular formula is C15H25N3O. The summed E-state index contributed by atoms with van der Waals surface area (Å²) >= 11 is 0. The van der Waals surface area contributed by atoms with Gasteiger partial charge in [-0.3, -0.25) is 0 Å². The third kappa shape index (κ3) is 3.66. The van der Waals surface area contributed by atoms with Gasteiger partial charge >= 0.3 is 0 Å². The highest BCUT2D eigenvalue weighted by Crippen LogP contribution is 2.24. The molecule has 1 saturated heterocycles. The fourth-order valence-electron chi connectivity index (χ4n) is 2.48. The fraction of sp³-hybridized carbons (Fsp3) is 0.733. The molecule has 1 aromatic rings. The molecule has 2 heterocycles. The number of hydrogen-bond donors (Lipinski definition) is 1. The van der Waals surface area contributed by atoms with Crippen molar-refractivity contribution in [2.45, 2.75) is 58.5 Å². The van der Waals surface area contributed by atoms with Crippen LogP contribution in [0.4, 0.5) is 5.95 Å². The molecule has 1 aromatic heterocycles. The molecule has 19 heavy (non-hydrogen) atoms. The second kappa shape index (κ2) is 5.45. The molecule has 1 N–H and O–H groups in total. The molecule has 4 nitrogen and oxygen atoms in total. The van der Waals surface area contributed by atoms with Gasteiger partial charge in [0.25, 0.3) is 0 Å². The van der Waals surface area contributed by atoms with E-state index >= 15 is 0 Å². The fourth-order valence-corrected chi connectivity index (χ4v) is 2.48. The van der Waals surface area contributed by atoms with Gasteiger partial charge in [0.2, 0.25) is 5.95 Å². The average Bonchev–Trinajstić information content (AvgIpc) is 2.49. The van der Waals surface area contributed by atoms with Crippen LogP contribution in [-0.4, -0.2) is 33.8 Å². The number of nitrogens with zero attached hydrogens (tertiary/aromatic N) is 3. The third-order valence-electron chi connectivity index (χ3n) is 3.80. The van der Waals surface area contributed by atoms with E-state index in [9.17, 15) is 5.11 Å². The summed E-state index contributed by atoms with van der Waals surface area (Å²) in [5.41, 5.74) is 1.57. The Bertz CT molecular complexity index is 443. The van der Waals surface area contributed by atoms with Gasteiger partial charge in [0.1, 0.15) is 0 Å². The zero-order valence-corrected chi connectivity index (χ0v) is 12.5. The van der Waals surface area contributed by atoms with Crippen LogP contribution in [0.1, 0.15) is 57.3 Å². The molecule has 1 aliphatic heterocycles. The van der Waals surface area contributed by atoms with E-state index in [2.05, 4.69) is 34.8 Å². The van der Waals surface area contributed by atoms with E-state index in [0.717, 1.165) is 49.7 Å². The van der Waals surface area contributed by atoms with Crippen LogP contribution >= 0.6 is 0 Å². The van der Waals surface area contributed by atoms with Crippen LogP contribution in [0.3, 0.4) is 0 Å². The Labute approximate surface area is 115 Å². The van der Waals surface area contributed by atoms with E-state index in [0.29, 0.717) is 5.92 Å². The number of hydrogen-bond acceptors (Lipinski definition) is 4. The molecule has 0 amide bonds. The molecule has 0 bridgehead atoms. The van der Waals surface area contributed by atoms with E-state index in [4.69, 9.17) is 0 Å². The summed E-state index contributed by atoms with van der Waals surface area (Å²) in [6.07, 6.45) is 2.62. The maximum Gasteiger partial charge on any atom is 0.225 e.